The highest BCUT2D eigenvalue weighted by Crippen LogP contribution is 2.22. The number of hydrogen-bond acceptors (Lipinski definition) is 5. The van der Waals surface area contributed by atoms with Crippen LogP contribution in [0.1, 0.15) is 13.3 Å². The quantitative estimate of drug-likeness (QED) is 0.697. The number of sulfonamides is 1. The molecule has 1 saturated heterocycles. The van der Waals surface area contributed by atoms with Gasteiger partial charge in [-0.25, -0.2) is 12.8 Å². The minimum absolute atomic E-state index is 0.0700. The van der Waals surface area contributed by atoms with Crippen molar-refractivity contribution in [1.29, 1.82) is 0 Å². The van der Waals surface area contributed by atoms with Crippen LogP contribution in [0.4, 0.5) is 4.39 Å². The van der Waals surface area contributed by atoms with E-state index in [-0.39, 0.29) is 18.0 Å². The van der Waals surface area contributed by atoms with E-state index < -0.39 is 33.9 Å². The third kappa shape index (κ3) is 4.74. The second kappa shape index (κ2) is 8.37. The van der Waals surface area contributed by atoms with Gasteiger partial charge in [0.05, 0.1) is 18.0 Å². The Morgan fingerprint density at radius 1 is 1.24 bits per heavy atom. The van der Waals surface area contributed by atoms with Crippen LogP contribution in [0.3, 0.4) is 0 Å². The van der Waals surface area contributed by atoms with Crippen LogP contribution in [0.5, 0.6) is 0 Å². The lowest BCUT2D eigenvalue weighted by molar-refractivity contribution is -0.140. The molecule has 25 heavy (non-hydrogen) atoms. The molecule has 1 heterocycles. The van der Waals surface area contributed by atoms with Crippen molar-refractivity contribution in [3.8, 4) is 0 Å². The first-order valence-electron chi connectivity index (χ1n) is 7.81. The van der Waals surface area contributed by atoms with Gasteiger partial charge in [-0.1, -0.05) is 0 Å². The van der Waals surface area contributed by atoms with Crippen LogP contribution in [0.15, 0.2) is 29.2 Å². The molecule has 0 bridgehead atoms. The minimum Gasteiger partial charge on any atom is -0.360 e. The van der Waals surface area contributed by atoms with Crippen LogP contribution in [0.25, 0.3) is 0 Å². The molecule has 1 aromatic rings. The van der Waals surface area contributed by atoms with Crippen LogP contribution in [-0.4, -0.2) is 57.0 Å². The molecule has 0 radical (unpaired) electrons. The van der Waals surface area contributed by atoms with Crippen LogP contribution < -0.4 is 10.6 Å². The van der Waals surface area contributed by atoms with Crippen molar-refractivity contribution in [2.24, 2.45) is 0 Å². The van der Waals surface area contributed by atoms with E-state index in [1.165, 1.54) is 12.1 Å². The molecule has 0 unspecified atom stereocenters. The standard InChI is InChI=1S/C15H20FN3O5S/c1-2-17-14(20)15(21)18-10-13-19(8-3-9-24-13)25(22,23)12-6-4-11(16)5-7-12/h4-7,13H,2-3,8-10H2,1H3,(H,17,20)(H,18,21)/t13-/m1/s1. The van der Waals surface area contributed by atoms with Gasteiger partial charge >= 0.3 is 11.8 Å². The van der Waals surface area contributed by atoms with Gasteiger partial charge in [0.15, 0.2) is 0 Å². The maximum atomic E-state index is 13.0. The van der Waals surface area contributed by atoms with Crippen molar-refractivity contribution in [1.82, 2.24) is 14.9 Å². The Bertz CT molecular complexity index is 723. The largest absolute Gasteiger partial charge is 0.360 e. The molecule has 1 aliphatic heterocycles. The maximum absolute atomic E-state index is 13.0. The van der Waals surface area contributed by atoms with Gasteiger partial charge in [-0.2, -0.15) is 4.31 Å². The number of carbonyl (C=O) groups excluding carboxylic acids is 2. The number of ether oxygens (including phenoxy) is 1. The predicted octanol–water partition coefficient (Wildman–Crippen LogP) is -0.185. The molecule has 2 amide bonds. The second-order valence-electron chi connectivity index (χ2n) is 5.32. The highest BCUT2D eigenvalue weighted by Gasteiger charge is 2.34. The number of carbonyl (C=O) groups is 2. The molecular weight excluding hydrogens is 353 g/mol. The summed E-state index contributed by atoms with van der Waals surface area (Å²) in [4.78, 5) is 23.0. The summed E-state index contributed by atoms with van der Waals surface area (Å²) in [7, 11) is -3.92. The Morgan fingerprint density at radius 3 is 2.52 bits per heavy atom. The van der Waals surface area contributed by atoms with Gasteiger partial charge in [0.2, 0.25) is 10.0 Å². The van der Waals surface area contributed by atoms with Crippen molar-refractivity contribution in [3.05, 3.63) is 30.1 Å². The number of nitrogens with one attached hydrogen (secondary N) is 2. The Hall–Kier alpha value is -2.04. The molecular formula is C15H20FN3O5S. The van der Waals surface area contributed by atoms with E-state index in [9.17, 15) is 22.4 Å². The van der Waals surface area contributed by atoms with Crippen LogP contribution in [0.2, 0.25) is 0 Å². The lowest BCUT2D eigenvalue weighted by Crippen LogP contribution is -2.53. The monoisotopic (exact) mass is 373 g/mol. The first kappa shape index (κ1) is 19.3. The van der Waals surface area contributed by atoms with E-state index in [1.54, 1.807) is 6.92 Å². The summed E-state index contributed by atoms with van der Waals surface area (Å²) in [6.07, 6.45) is -0.455. The highest BCUT2D eigenvalue weighted by molar-refractivity contribution is 7.89. The fourth-order valence-electron chi connectivity index (χ4n) is 2.35. The average molecular weight is 373 g/mol. The van der Waals surface area contributed by atoms with Crippen molar-refractivity contribution >= 4 is 21.8 Å². The number of rotatable bonds is 5. The van der Waals surface area contributed by atoms with Crippen molar-refractivity contribution < 1.29 is 27.1 Å². The molecule has 0 aliphatic carbocycles. The molecule has 10 heteroatoms. The van der Waals surface area contributed by atoms with Crippen molar-refractivity contribution in [3.63, 3.8) is 0 Å². The van der Waals surface area contributed by atoms with E-state index in [0.29, 0.717) is 19.6 Å². The third-order valence-corrected chi connectivity index (χ3v) is 5.46. The van der Waals surface area contributed by atoms with Crippen molar-refractivity contribution in [2.45, 2.75) is 24.5 Å². The fraction of sp³-hybridized carbons (Fsp3) is 0.467. The van der Waals surface area contributed by atoms with E-state index >= 15 is 0 Å². The van der Waals surface area contributed by atoms with Gasteiger partial charge < -0.3 is 15.4 Å². The lowest BCUT2D eigenvalue weighted by Gasteiger charge is -2.34. The van der Waals surface area contributed by atoms with Gasteiger partial charge in [0.25, 0.3) is 0 Å². The smallest absolute Gasteiger partial charge is 0.309 e. The van der Waals surface area contributed by atoms with E-state index in [2.05, 4.69) is 10.6 Å². The van der Waals surface area contributed by atoms with Gasteiger partial charge in [-0.15, -0.1) is 0 Å². The number of likely N-dealkylation sites (N-methyl/N-ethyl adjacent to an activating group) is 1. The van der Waals surface area contributed by atoms with Crippen molar-refractivity contribution in [2.75, 3.05) is 26.2 Å². The van der Waals surface area contributed by atoms with E-state index in [0.717, 1.165) is 16.4 Å². The average Bonchev–Trinajstić information content (AvgIpc) is 2.60. The van der Waals surface area contributed by atoms with Gasteiger partial charge in [-0.05, 0) is 37.6 Å². The molecule has 0 aromatic heterocycles. The third-order valence-electron chi connectivity index (χ3n) is 3.56. The topological polar surface area (TPSA) is 105 Å². The Labute approximate surface area is 145 Å². The summed E-state index contributed by atoms with van der Waals surface area (Å²) in [5, 5.41) is 4.70. The number of hydrogen-bond donors (Lipinski definition) is 2. The van der Waals surface area contributed by atoms with E-state index in [4.69, 9.17) is 4.74 Å². The SMILES string of the molecule is CCNC(=O)C(=O)NC[C@H]1OCCCN1S(=O)(=O)c1ccc(F)cc1. The number of halogens is 1. The molecule has 8 nitrogen and oxygen atoms in total. The van der Waals surface area contributed by atoms with Gasteiger partial charge in [0, 0.05) is 13.1 Å². The summed E-state index contributed by atoms with van der Waals surface area (Å²) in [5.74, 6) is -2.21. The van der Waals surface area contributed by atoms with Crippen LogP contribution in [0, 0.1) is 5.82 Å². The molecule has 2 N–H and O–H groups in total. The van der Waals surface area contributed by atoms with Crippen LogP contribution >= 0.6 is 0 Å². The molecule has 1 aliphatic rings. The first-order valence-corrected chi connectivity index (χ1v) is 9.25. The summed E-state index contributed by atoms with van der Waals surface area (Å²) in [5.41, 5.74) is 0. The number of benzene rings is 1. The summed E-state index contributed by atoms with van der Waals surface area (Å²) < 4.78 is 45.0. The van der Waals surface area contributed by atoms with Gasteiger partial charge in [0.1, 0.15) is 12.0 Å². The maximum Gasteiger partial charge on any atom is 0.309 e. The fourth-order valence-corrected chi connectivity index (χ4v) is 3.91. The Balaban J connectivity index is 2.10. The summed E-state index contributed by atoms with van der Waals surface area (Å²) in [6, 6.07) is 4.46. The second-order valence-corrected chi connectivity index (χ2v) is 7.21. The molecule has 0 saturated carbocycles. The zero-order valence-corrected chi connectivity index (χ0v) is 14.5. The lowest BCUT2D eigenvalue weighted by atomic mass is 10.3. The number of amides is 2. The molecule has 1 aromatic carbocycles. The van der Waals surface area contributed by atoms with Crippen LogP contribution in [-0.2, 0) is 24.3 Å². The Kier molecular flexibility index (Phi) is 6.45. The molecule has 1 atom stereocenters. The summed E-state index contributed by atoms with van der Waals surface area (Å²) in [6.45, 7) is 2.33. The molecule has 0 spiro atoms. The normalized spacial score (nSPS) is 18.6. The molecule has 138 valence electrons. The predicted molar refractivity (Wildman–Crippen MR) is 86.3 cm³/mol. The minimum atomic E-state index is -3.92. The summed E-state index contributed by atoms with van der Waals surface area (Å²) >= 11 is 0. The molecule has 1 fully saturated rings. The zero-order chi connectivity index (χ0) is 18.4. The Morgan fingerprint density at radius 2 is 1.88 bits per heavy atom. The molecule has 2 rings (SSSR count). The van der Waals surface area contributed by atoms with E-state index in [1.807, 2.05) is 0 Å². The first-order chi connectivity index (χ1) is 11.9. The number of nitrogens with zero attached hydrogens (tertiary/aromatic N) is 1. The van der Waals surface area contributed by atoms with Gasteiger partial charge in [-0.3, -0.25) is 9.59 Å². The zero-order valence-electron chi connectivity index (χ0n) is 13.7. The highest BCUT2D eigenvalue weighted by atomic mass is 32.2.